The van der Waals surface area contributed by atoms with Crippen LogP contribution in [0.2, 0.25) is 0 Å². The molecule has 31 heavy (non-hydrogen) atoms. The standard InChI is InChI=1S/C25H31N3O3/c1-2-24(29)28-13-10-22-18-21(8-9-23(22)28)19-4-6-20(7-5-19)25(30)26-11-3-12-27-14-16-31-17-15-27/h4-9,18H,2-3,10-17H2,1H3,(H,26,30). The minimum Gasteiger partial charge on any atom is -0.379 e. The summed E-state index contributed by atoms with van der Waals surface area (Å²) in [5.74, 6) is 0.142. The van der Waals surface area contributed by atoms with Gasteiger partial charge in [0.25, 0.3) is 5.91 Å². The number of hydrogen-bond donors (Lipinski definition) is 1. The van der Waals surface area contributed by atoms with Crippen LogP contribution < -0.4 is 10.2 Å². The van der Waals surface area contributed by atoms with E-state index in [1.54, 1.807) is 0 Å². The van der Waals surface area contributed by atoms with Crippen molar-refractivity contribution in [1.29, 1.82) is 0 Å². The third kappa shape index (κ3) is 5.14. The van der Waals surface area contributed by atoms with Crippen molar-refractivity contribution in [2.75, 3.05) is 50.8 Å². The van der Waals surface area contributed by atoms with Gasteiger partial charge in [0.2, 0.25) is 5.91 Å². The van der Waals surface area contributed by atoms with Crippen LogP contribution in [0.5, 0.6) is 0 Å². The maximum absolute atomic E-state index is 12.4. The molecule has 0 aliphatic carbocycles. The first-order chi connectivity index (χ1) is 15.2. The van der Waals surface area contributed by atoms with Gasteiger partial charge in [-0.25, -0.2) is 0 Å². The number of fused-ring (bicyclic) bond motifs is 1. The van der Waals surface area contributed by atoms with Crippen molar-refractivity contribution in [2.24, 2.45) is 0 Å². The predicted octanol–water partition coefficient (Wildman–Crippen LogP) is 3.10. The number of nitrogens with zero attached hydrogens (tertiary/aromatic N) is 2. The summed E-state index contributed by atoms with van der Waals surface area (Å²) in [5.41, 5.74) is 5.11. The molecule has 0 unspecified atom stereocenters. The quantitative estimate of drug-likeness (QED) is 0.698. The second kappa shape index (κ2) is 10.1. The first-order valence-electron chi connectivity index (χ1n) is 11.3. The maximum Gasteiger partial charge on any atom is 0.251 e. The highest BCUT2D eigenvalue weighted by Crippen LogP contribution is 2.32. The van der Waals surface area contributed by atoms with E-state index in [2.05, 4.69) is 22.3 Å². The van der Waals surface area contributed by atoms with E-state index in [9.17, 15) is 9.59 Å². The number of ether oxygens (including phenoxy) is 1. The highest BCUT2D eigenvalue weighted by molar-refractivity contribution is 5.96. The number of benzene rings is 2. The lowest BCUT2D eigenvalue weighted by molar-refractivity contribution is -0.118. The van der Waals surface area contributed by atoms with E-state index in [1.165, 1.54) is 5.56 Å². The molecular formula is C25H31N3O3. The minimum atomic E-state index is -0.0313. The van der Waals surface area contributed by atoms with Crippen LogP contribution in [-0.2, 0) is 16.0 Å². The van der Waals surface area contributed by atoms with Crippen LogP contribution in [0.3, 0.4) is 0 Å². The van der Waals surface area contributed by atoms with Gasteiger partial charge in [-0.2, -0.15) is 0 Å². The van der Waals surface area contributed by atoms with Crippen molar-refractivity contribution < 1.29 is 14.3 Å². The number of carbonyl (C=O) groups is 2. The molecule has 0 bridgehead atoms. The molecule has 2 aromatic carbocycles. The van der Waals surface area contributed by atoms with Crippen LogP contribution in [0.25, 0.3) is 11.1 Å². The molecule has 0 saturated carbocycles. The Kier molecular flexibility index (Phi) is 6.99. The molecule has 1 fully saturated rings. The Hall–Kier alpha value is -2.70. The Bertz CT molecular complexity index is 920. The molecule has 0 atom stereocenters. The van der Waals surface area contributed by atoms with Crippen molar-refractivity contribution in [2.45, 2.75) is 26.2 Å². The number of nitrogens with one attached hydrogen (secondary N) is 1. The summed E-state index contributed by atoms with van der Waals surface area (Å²) in [4.78, 5) is 28.8. The van der Waals surface area contributed by atoms with Crippen LogP contribution in [0, 0.1) is 0 Å². The average molecular weight is 422 g/mol. The summed E-state index contributed by atoms with van der Waals surface area (Å²) >= 11 is 0. The number of amides is 2. The lowest BCUT2D eigenvalue weighted by atomic mass is 10.0. The van der Waals surface area contributed by atoms with Crippen molar-refractivity contribution in [1.82, 2.24) is 10.2 Å². The topological polar surface area (TPSA) is 61.9 Å². The van der Waals surface area contributed by atoms with E-state index in [0.717, 1.165) is 69.0 Å². The molecule has 2 aliphatic rings. The summed E-state index contributed by atoms with van der Waals surface area (Å²) in [6.07, 6.45) is 2.36. The molecule has 2 heterocycles. The third-order valence-electron chi connectivity index (χ3n) is 6.10. The normalized spacial score (nSPS) is 16.2. The summed E-state index contributed by atoms with van der Waals surface area (Å²) < 4.78 is 5.36. The third-order valence-corrected chi connectivity index (χ3v) is 6.10. The zero-order chi connectivity index (χ0) is 21.6. The lowest BCUT2D eigenvalue weighted by Crippen LogP contribution is -2.38. The zero-order valence-corrected chi connectivity index (χ0v) is 18.2. The number of anilines is 1. The molecule has 1 saturated heterocycles. The van der Waals surface area contributed by atoms with Gasteiger partial charge in [0, 0.05) is 43.9 Å². The van der Waals surface area contributed by atoms with Gasteiger partial charge < -0.3 is 15.0 Å². The first-order valence-corrected chi connectivity index (χ1v) is 11.3. The zero-order valence-electron chi connectivity index (χ0n) is 18.2. The first kappa shape index (κ1) is 21.5. The summed E-state index contributed by atoms with van der Waals surface area (Å²) in [6.45, 7) is 7.89. The fourth-order valence-electron chi connectivity index (χ4n) is 4.28. The SMILES string of the molecule is CCC(=O)N1CCc2cc(-c3ccc(C(=O)NCCCN4CCOCC4)cc3)ccc21. The van der Waals surface area contributed by atoms with Gasteiger partial charge >= 0.3 is 0 Å². The molecule has 0 aromatic heterocycles. The van der Waals surface area contributed by atoms with E-state index < -0.39 is 0 Å². The van der Waals surface area contributed by atoms with Gasteiger partial charge in [-0.05, 0) is 60.3 Å². The number of hydrogen-bond acceptors (Lipinski definition) is 4. The highest BCUT2D eigenvalue weighted by atomic mass is 16.5. The largest absolute Gasteiger partial charge is 0.379 e. The van der Waals surface area contributed by atoms with E-state index in [1.807, 2.05) is 42.2 Å². The Morgan fingerprint density at radius 2 is 1.74 bits per heavy atom. The van der Waals surface area contributed by atoms with Crippen molar-refractivity contribution in [3.05, 3.63) is 53.6 Å². The number of morpholine rings is 1. The summed E-state index contributed by atoms with van der Waals surface area (Å²) in [7, 11) is 0. The van der Waals surface area contributed by atoms with Crippen molar-refractivity contribution in [3.8, 4) is 11.1 Å². The molecule has 2 aromatic rings. The smallest absolute Gasteiger partial charge is 0.251 e. The van der Waals surface area contributed by atoms with E-state index in [0.29, 0.717) is 18.5 Å². The second-order valence-electron chi connectivity index (χ2n) is 8.13. The molecule has 6 heteroatoms. The van der Waals surface area contributed by atoms with Gasteiger partial charge in [-0.3, -0.25) is 14.5 Å². The van der Waals surface area contributed by atoms with Gasteiger partial charge in [0.1, 0.15) is 0 Å². The van der Waals surface area contributed by atoms with Crippen molar-refractivity contribution >= 4 is 17.5 Å². The van der Waals surface area contributed by atoms with Crippen LogP contribution in [0.4, 0.5) is 5.69 Å². The lowest BCUT2D eigenvalue weighted by Gasteiger charge is -2.26. The van der Waals surface area contributed by atoms with Gasteiger partial charge in [-0.15, -0.1) is 0 Å². The molecule has 164 valence electrons. The predicted molar refractivity (Wildman–Crippen MR) is 122 cm³/mol. The molecular weight excluding hydrogens is 390 g/mol. The second-order valence-corrected chi connectivity index (χ2v) is 8.13. The summed E-state index contributed by atoms with van der Waals surface area (Å²) in [5, 5.41) is 3.02. The summed E-state index contributed by atoms with van der Waals surface area (Å²) in [6, 6.07) is 14.0. The van der Waals surface area contributed by atoms with Gasteiger partial charge in [0.05, 0.1) is 13.2 Å². The Labute approximate surface area is 184 Å². The fourth-order valence-corrected chi connectivity index (χ4v) is 4.28. The molecule has 4 rings (SSSR count). The molecule has 0 spiro atoms. The molecule has 0 radical (unpaired) electrons. The van der Waals surface area contributed by atoms with Crippen LogP contribution >= 0.6 is 0 Å². The molecule has 6 nitrogen and oxygen atoms in total. The molecule has 2 aliphatic heterocycles. The Balaban J connectivity index is 1.32. The minimum absolute atomic E-state index is 0.0313. The average Bonchev–Trinajstić information content (AvgIpc) is 3.25. The van der Waals surface area contributed by atoms with Crippen LogP contribution in [0.15, 0.2) is 42.5 Å². The van der Waals surface area contributed by atoms with Crippen LogP contribution in [0.1, 0.15) is 35.7 Å². The fraction of sp³-hybridized carbons (Fsp3) is 0.440. The van der Waals surface area contributed by atoms with E-state index >= 15 is 0 Å². The van der Waals surface area contributed by atoms with E-state index in [4.69, 9.17) is 4.74 Å². The van der Waals surface area contributed by atoms with Gasteiger partial charge in [-0.1, -0.05) is 25.1 Å². The Morgan fingerprint density at radius 3 is 2.48 bits per heavy atom. The van der Waals surface area contributed by atoms with Gasteiger partial charge in [0.15, 0.2) is 0 Å². The van der Waals surface area contributed by atoms with Crippen LogP contribution in [-0.4, -0.2) is 62.7 Å². The number of rotatable bonds is 7. The molecule has 2 amide bonds. The maximum atomic E-state index is 12.4. The molecule has 1 N–H and O–H groups in total. The monoisotopic (exact) mass is 421 g/mol. The van der Waals surface area contributed by atoms with E-state index in [-0.39, 0.29) is 11.8 Å². The van der Waals surface area contributed by atoms with Crippen molar-refractivity contribution in [3.63, 3.8) is 0 Å². The highest BCUT2D eigenvalue weighted by Gasteiger charge is 2.23. The Morgan fingerprint density at radius 1 is 1.00 bits per heavy atom. The number of carbonyl (C=O) groups excluding carboxylic acids is 2.